The van der Waals surface area contributed by atoms with Crippen LogP contribution in [0, 0.1) is 5.92 Å². The highest BCUT2D eigenvalue weighted by Crippen LogP contribution is 2.31. The van der Waals surface area contributed by atoms with E-state index < -0.39 is 11.1 Å². The molecule has 1 aliphatic carbocycles. The highest BCUT2D eigenvalue weighted by atomic mass is 16.2. The van der Waals surface area contributed by atoms with Gasteiger partial charge in [-0.25, -0.2) is 4.68 Å². The zero-order valence-corrected chi connectivity index (χ0v) is 14.3. The van der Waals surface area contributed by atoms with Crippen LogP contribution < -0.4 is 11.1 Å². The molecule has 1 saturated heterocycles. The SMILES string of the molecule is O=C(Cn1[nH]c(=O)c2ccccc2c1=O)N1CCN(C(=O)C2CC2)CC1. The molecule has 1 aliphatic heterocycles. The number of aromatic amines is 1. The number of benzene rings is 1. The second-order valence-corrected chi connectivity index (χ2v) is 6.86. The summed E-state index contributed by atoms with van der Waals surface area (Å²) in [5, 5.41) is 3.08. The molecule has 8 nitrogen and oxygen atoms in total. The summed E-state index contributed by atoms with van der Waals surface area (Å²) in [6.45, 7) is 1.72. The van der Waals surface area contributed by atoms with Crippen molar-refractivity contribution in [2.24, 2.45) is 5.92 Å². The Labute approximate surface area is 149 Å². The van der Waals surface area contributed by atoms with Crippen LogP contribution in [0.5, 0.6) is 0 Å². The van der Waals surface area contributed by atoms with Crippen LogP contribution in [0.4, 0.5) is 0 Å². The number of rotatable bonds is 3. The number of carbonyl (C=O) groups excluding carboxylic acids is 2. The molecule has 0 radical (unpaired) electrons. The van der Waals surface area contributed by atoms with Gasteiger partial charge >= 0.3 is 0 Å². The van der Waals surface area contributed by atoms with Crippen molar-refractivity contribution in [1.82, 2.24) is 19.6 Å². The number of hydrogen-bond donors (Lipinski definition) is 1. The van der Waals surface area contributed by atoms with Gasteiger partial charge in [-0.2, -0.15) is 0 Å². The lowest BCUT2D eigenvalue weighted by Crippen LogP contribution is -2.52. The van der Waals surface area contributed by atoms with Crippen molar-refractivity contribution >= 4 is 22.6 Å². The number of nitrogens with one attached hydrogen (secondary N) is 1. The molecule has 1 aromatic carbocycles. The first-order valence-electron chi connectivity index (χ1n) is 8.83. The third-order valence-corrected chi connectivity index (χ3v) is 5.05. The molecule has 1 saturated carbocycles. The molecule has 2 amide bonds. The Morgan fingerprint density at radius 1 is 0.962 bits per heavy atom. The van der Waals surface area contributed by atoms with Crippen molar-refractivity contribution in [2.75, 3.05) is 26.2 Å². The van der Waals surface area contributed by atoms with E-state index >= 15 is 0 Å². The summed E-state index contributed by atoms with van der Waals surface area (Å²) in [6, 6.07) is 6.54. The molecule has 0 spiro atoms. The summed E-state index contributed by atoms with van der Waals surface area (Å²) in [5.74, 6) is 0.127. The van der Waals surface area contributed by atoms with E-state index in [1.54, 1.807) is 29.2 Å². The third kappa shape index (κ3) is 3.02. The summed E-state index contributed by atoms with van der Waals surface area (Å²) < 4.78 is 1.06. The molecule has 2 aromatic rings. The molecular formula is C18H20N4O4. The normalized spacial score (nSPS) is 17.5. The molecule has 4 rings (SSSR count). The zero-order chi connectivity index (χ0) is 18.3. The number of piperazine rings is 1. The number of nitrogens with zero attached hydrogens (tertiary/aromatic N) is 3. The average molecular weight is 356 g/mol. The summed E-state index contributed by atoms with van der Waals surface area (Å²) in [5.41, 5.74) is -0.788. The first kappa shape index (κ1) is 16.6. The van der Waals surface area contributed by atoms with Gasteiger partial charge in [0.2, 0.25) is 11.8 Å². The fourth-order valence-corrected chi connectivity index (χ4v) is 3.36. The number of aromatic nitrogens is 2. The monoisotopic (exact) mass is 356 g/mol. The highest BCUT2D eigenvalue weighted by Gasteiger charge is 2.35. The van der Waals surface area contributed by atoms with Crippen molar-refractivity contribution in [3.05, 3.63) is 45.0 Å². The van der Waals surface area contributed by atoms with Crippen molar-refractivity contribution in [2.45, 2.75) is 19.4 Å². The summed E-state index contributed by atoms with van der Waals surface area (Å²) in [6.07, 6.45) is 1.94. The first-order chi connectivity index (χ1) is 12.5. The molecule has 0 bridgehead atoms. The molecule has 2 heterocycles. The molecule has 2 aliphatic rings. The van der Waals surface area contributed by atoms with Crippen LogP contribution in [0.2, 0.25) is 0 Å². The Balaban J connectivity index is 1.46. The second kappa shape index (κ2) is 6.44. The van der Waals surface area contributed by atoms with E-state index in [1.165, 1.54) is 0 Å². The maximum absolute atomic E-state index is 12.5. The van der Waals surface area contributed by atoms with Crippen molar-refractivity contribution in [3.63, 3.8) is 0 Å². The van der Waals surface area contributed by atoms with E-state index in [0.717, 1.165) is 17.5 Å². The fourth-order valence-electron chi connectivity index (χ4n) is 3.36. The predicted molar refractivity (Wildman–Crippen MR) is 94.7 cm³/mol. The van der Waals surface area contributed by atoms with Gasteiger partial charge in [-0.05, 0) is 25.0 Å². The smallest absolute Gasteiger partial charge is 0.273 e. The van der Waals surface area contributed by atoms with Gasteiger partial charge in [-0.1, -0.05) is 12.1 Å². The van der Waals surface area contributed by atoms with Gasteiger partial charge in [-0.15, -0.1) is 0 Å². The van der Waals surface area contributed by atoms with Gasteiger partial charge in [-0.3, -0.25) is 24.3 Å². The maximum Gasteiger partial charge on any atom is 0.273 e. The Kier molecular flexibility index (Phi) is 4.10. The Morgan fingerprint density at radius 2 is 1.58 bits per heavy atom. The van der Waals surface area contributed by atoms with Gasteiger partial charge in [0, 0.05) is 32.1 Å². The van der Waals surface area contributed by atoms with Crippen molar-refractivity contribution in [1.29, 1.82) is 0 Å². The highest BCUT2D eigenvalue weighted by molar-refractivity contribution is 5.82. The number of hydrogen-bond acceptors (Lipinski definition) is 4. The molecule has 26 heavy (non-hydrogen) atoms. The predicted octanol–water partition coefficient (Wildman–Crippen LogP) is -0.229. The van der Waals surface area contributed by atoms with Gasteiger partial charge < -0.3 is 9.80 Å². The van der Waals surface area contributed by atoms with Crippen LogP contribution in [0.15, 0.2) is 33.9 Å². The molecule has 1 N–H and O–H groups in total. The summed E-state index contributed by atoms with van der Waals surface area (Å²) in [4.78, 5) is 52.7. The number of carbonyl (C=O) groups is 2. The van der Waals surface area contributed by atoms with Crippen LogP contribution in [-0.2, 0) is 16.1 Å². The van der Waals surface area contributed by atoms with E-state index in [9.17, 15) is 19.2 Å². The lowest BCUT2D eigenvalue weighted by atomic mass is 10.2. The number of H-pyrrole nitrogens is 1. The average Bonchev–Trinajstić information content (AvgIpc) is 3.51. The fraction of sp³-hybridized carbons (Fsp3) is 0.444. The lowest BCUT2D eigenvalue weighted by molar-refractivity contribution is -0.140. The molecule has 8 heteroatoms. The van der Waals surface area contributed by atoms with Crippen LogP contribution in [0.1, 0.15) is 12.8 Å². The largest absolute Gasteiger partial charge is 0.339 e. The van der Waals surface area contributed by atoms with Crippen LogP contribution in [0.25, 0.3) is 10.8 Å². The molecule has 2 fully saturated rings. The zero-order valence-electron chi connectivity index (χ0n) is 14.3. The summed E-state index contributed by atoms with van der Waals surface area (Å²) in [7, 11) is 0. The van der Waals surface area contributed by atoms with E-state index in [2.05, 4.69) is 5.10 Å². The minimum Gasteiger partial charge on any atom is -0.339 e. The quantitative estimate of drug-likeness (QED) is 0.822. The van der Waals surface area contributed by atoms with Crippen molar-refractivity contribution < 1.29 is 9.59 Å². The molecular weight excluding hydrogens is 336 g/mol. The van der Waals surface area contributed by atoms with E-state index in [-0.39, 0.29) is 24.3 Å². The number of fused-ring (bicyclic) bond motifs is 1. The number of amides is 2. The molecule has 0 atom stereocenters. The third-order valence-electron chi connectivity index (χ3n) is 5.05. The topological polar surface area (TPSA) is 95.5 Å². The van der Waals surface area contributed by atoms with Crippen LogP contribution >= 0.6 is 0 Å². The first-order valence-corrected chi connectivity index (χ1v) is 8.83. The van der Waals surface area contributed by atoms with Gasteiger partial charge in [0.1, 0.15) is 6.54 Å². The second-order valence-electron chi connectivity index (χ2n) is 6.86. The standard InChI is InChI=1S/C18H20N4O4/c23-15(20-7-9-21(10-8-20)17(25)12-5-6-12)11-22-18(26)14-4-2-1-3-13(14)16(24)19-22/h1-4,12H,5-11H2,(H,19,24). The minimum absolute atomic E-state index is 0.179. The molecule has 1 aromatic heterocycles. The van der Waals surface area contributed by atoms with E-state index in [1.807, 2.05) is 4.90 Å². The lowest BCUT2D eigenvalue weighted by Gasteiger charge is -2.35. The van der Waals surface area contributed by atoms with Crippen molar-refractivity contribution in [3.8, 4) is 0 Å². The molecule has 136 valence electrons. The Hall–Kier alpha value is -2.90. The van der Waals surface area contributed by atoms with Gasteiger partial charge in [0.15, 0.2) is 0 Å². The van der Waals surface area contributed by atoms with Gasteiger partial charge in [0.25, 0.3) is 11.1 Å². The minimum atomic E-state index is -0.396. The van der Waals surface area contributed by atoms with Gasteiger partial charge in [0.05, 0.1) is 10.8 Å². The van der Waals surface area contributed by atoms with E-state index in [0.29, 0.717) is 37.0 Å². The maximum atomic E-state index is 12.5. The van der Waals surface area contributed by atoms with Crippen LogP contribution in [-0.4, -0.2) is 57.6 Å². The van der Waals surface area contributed by atoms with Crippen LogP contribution in [0.3, 0.4) is 0 Å². The Bertz CT molecular complexity index is 981. The summed E-state index contributed by atoms with van der Waals surface area (Å²) >= 11 is 0. The molecule has 0 unspecified atom stereocenters. The Morgan fingerprint density at radius 3 is 2.23 bits per heavy atom. The van der Waals surface area contributed by atoms with E-state index in [4.69, 9.17) is 0 Å².